The molecule has 1 aliphatic rings. The largest absolute Gasteiger partial charge is 0.319 e. The van der Waals surface area contributed by atoms with Crippen molar-refractivity contribution in [3.8, 4) is 0 Å². The zero-order valence-electron chi connectivity index (χ0n) is 18.4. The Morgan fingerprint density at radius 1 is 1.19 bits per heavy atom. The summed E-state index contributed by atoms with van der Waals surface area (Å²) in [6, 6.07) is 14.7. The summed E-state index contributed by atoms with van der Waals surface area (Å²) < 4.78 is 29.0. The van der Waals surface area contributed by atoms with Gasteiger partial charge in [0.05, 0.1) is 6.20 Å². The van der Waals surface area contributed by atoms with Crippen LogP contribution in [0.25, 0.3) is 0 Å². The van der Waals surface area contributed by atoms with E-state index in [0.29, 0.717) is 24.8 Å². The lowest BCUT2D eigenvalue weighted by Gasteiger charge is -2.21. The average molecular weight is 473 g/mol. The quantitative estimate of drug-likeness (QED) is 0.501. The average Bonchev–Trinajstić information content (AvgIpc) is 3.33. The van der Waals surface area contributed by atoms with Gasteiger partial charge in [0.25, 0.3) is 0 Å². The molecule has 2 unspecified atom stereocenters. The minimum Gasteiger partial charge on any atom is -0.319 e. The molecule has 4 rings (SSSR count). The standard InChI is InChI=1S/C24H29ClN4O2S/c1-26-14-20-13-19-7-6-17(8-9-28-32(30,31)22-15-27-29(2)16-22)11-23(19)24(20)12-18-4-3-5-21(25)10-18/h3-7,10-11,15-16,20,24,26,28H,8-9,12-14H2,1-2H3. The molecule has 2 N–H and O–H groups in total. The third-order valence-electron chi connectivity index (χ3n) is 6.17. The summed E-state index contributed by atoms with van der Waals surface area (Å²) >= 11 is 6.22. The number of benzene rings is 2. The van der Waals surface area contributed by atoms with E-state index in [2.05, 4.69) is 39.4 Å². The van der Waals surface area contributed by atoms with Gasteiger partial charge in [-0.25, -0.2) is 13.1 Å². The molecule has 0 saturated carbocycles. The first-order chi connectivity index (χ1) is 15.4. The normalized spacial score (nSPS) is 18.1. The second kappa shape index (κ2) is 9.75. The molecule has 3 aromatic rings. The molecule has 0 radical (unpaired) electrons. The molecule has 32 heavy (non-hydrogen) atoms. The Labute approximate surface area is 195 Å². The van der Waals surface area contributed by atoms with Crippen molar-refractivity contribution in [2.45, 2.75) is 30.1 Å². The Morgan fingerprint density at radius 2 is 2.03 bits per heavy atom. The van der Waals surface area contributed by atoms with Gasteiger partial charge in [-0.3, -0.25) is 4.68 Å². The fourth-order valence-electron chi connectivity index (χ4n) is 4.63. The van der Waals surface area contributed by atoms with E-state index in [9.17, 15) is 8.42 Å². The van der Waals surface area contributed by atoms with Crippen LogP contribution in [0.5, 0.6) is 0 Å². The minimum atomic E-state index is -3.55. The highest BCUT2D eigenvalue weighted by Crippen LogP contribution is 2.40. The van der Waals surface area contributed by atoms with Gasteiger partial charge in [0, 0.05) is 24.8 Å². The van der Waals surface area contributed by atoms with E-state index in [-0.39, 0.29) is 4.90 Å². The molecule has 6 nitrogen and oxygen atoms in total. The molecule has 2 atom stereocenters. The van der Waals surface area contributed by atoms with Gasteiger partial charge in [0.1, 0.15) is 4.90 Å². The van der Waals surface area contributed by atoms with Crippen LogP contribution in [-0.2, 0) is 36.3 Å². The first-order valence-corrected chi connectivity index (χ1v) is 12.7. The highest BCUT2D eigenvalue weighted by molar-refractivity contribution is 7.89. The predicted molar refractivity (Wildman–Crippen MR) is 128 cm³/mol. The van der Waals surface area contributed by atoms with Gasteiger partial charge in [-0.15, -0.1) is 0 Å². The molecular formula is C24H29ClN4O2S. The Hall–Kier alpha value is -2.19. The van der Waals surface area contributed by atoms with Crippen LogP contribution in [0.4, 0.5) is 0 Å². The Morgan fingerprint density at radius 3 is 2.75 bits per heavy atom. The highest BCUT2D eigenvalue weighted by Gasteiger charge is 2.32. The summed E-state index contributed by atoms with van der Waals surface area (Å²) in [7, 11) is 0.151. The van der Waals surface area contributed by atoms with Crippen molar-refractivity contribution in [2.24, 2.45) is 13.0 Å². The van der Waals surface area contributed by atoms with Crippen LogP contribution in [0.3, 0.4) is 0 Å². The summed E-state index contributed by atoms with van der Waals surface area (Å²) in [5.74, 6) is 0.927. The van der Waals surface area contributed by atoms with Gasteiger partial charge >= 0.3 is 0 Å². The number of rotatable bonds is 9. The van der Waals surface area contributed by atoms with Gasteiger partial charge in [-0.1, -0.05) is 41.9 Å². The molecule has 1 heterocycles. The zero-order chi connectivity index (χ0) is 22.7. The number of sulfonamides is 1. The predicted octanol–water partition coefficient (Wildman–Crippen LogP) is 3.31. The number of hydrogen-bond donors (Lipinski definition) is 2. The molecule has 2 aromatic carbocycles. The third-order valence-corrected chi connectivity index (χ3v) is 7.82. The van der Waals surface area contributed by atoms with Crippen LogP contribution in [0.2, 0.25) is 5.02 Å². The summed E-state index contributed by atoms with van der Waals surface area (Å²) in [6.45, 7) is 1.30. The van der Waals surface area contributed by atoms with Crippen LogP contribution in [0.15, 0.2) is 59.8 Å². The number of nitrogens with zero attached hydrogens (tertiary/aromatic N) is 2. The molecule has 1 aliphatic carbocycles. The maximum atomic E-state index is 12.4. The van der Waals surface area contributed by atoms with E-state index in [1.165, 1.54) is 33.8 Å². The molecule has 1 aromatic heterocycles. The number of aromatic nitrogens is 2. The van der Waals surface area contributed by atoms with Crippen LogP contribution >= 0.6 is 11.6 Å². The van der Waals surface area contributed by atoms with Crippen molar-refractivity contribution in [3.05, 3.63) is 82.1 Å². The fourth-order valence-corrected chi connectivity index (χ4v) is 5.86. The van der Waals surface area contributed by atoms with Crippen LogP contribution in [0, 0.1) is 5.92 Å². The van der Waals surface area contributed by atoms with E-state index in [1.54, 1.807) is 7.05 Å². The topological polar surface area (TPSA) is 76.0 Å². The Bertz CT molecular complexity index is 1190. The maximum Gasteiger partial charge on any atom is 0.243 e. The monoisotopic (exact) mass is 472 g/mol. The van der Waals surface area contributed by atoms with Crippen molar-refractivity contribution in [1.82, 2.24) is 19.8 Å². The number of fused-ring (bicyclic) bond motifs is 1. The maximum absolute atomic E-state index is 12.4. The van der Waals surface area contributed by atoms with Gasteiger partial charge in [0.15, 0.2) is 0 Å². The van der Waals surface area contributed by atoms with Crippen molar-refractivity contribution in [2.75, 3.05) is 20.1 Å². The summed E-state index contributed by atoms with van der Waals surface area (Å²) in [5, 5.41) is 8.05. The van der Waals surface area contributed by atoms with E-state index in [0.717, 1.165) is 30.0 Å². The second-order valence-electron chi connectivity index (χ2n) is 8.49. The van der Waals surface area contributed by atoms with E-state index in [4.69, 9.17) is 11.6 Å². The van der Waals surface area contributed by atoms with Crippen molar-refractivity contribution in [3.63, 3.8) is 0 Å². The van der Waals surface area contributed by atoms with E-state index >= 15 is 0 Å². The molecule has 8 heteroatoms. The van der Waals surface area contributed by atoms with Gasteiger partial charge in [-0.2, -0.15) is 5.10 Å². The smallest absolute Gasteiger partial charge is 0.243 e. The summed E-state index contributed by atoms with van der Waals surface area (Å²) in [6.07, 6.45) is 5.49. The first kappa shape index (κ1) is 23.0. The SMILES string of the molecule is CNCC1Cc2ccc(CCNS(=O)(=O)c3cnn(C)c3)cc2C1Cc1cccc(Cl)c1. The Kier molecular flexibility index (Phi) is 7.00. The van der Waals surface area contributed by atoms with Gasteiger partial charge in [-0.05, 0) is 79.1 Å². The number of hydrogen-bond acceptors (Lipinski definition) is 4. The molecule has 170 valence electrons. The lowest BCUT2D eigenvalue weighted by Crippen LogP contribution is -2.25. The van der Waals surface area contributed by atoms with Crippen molar-refractivity contribution < 1.29 is 8.42 Å². The van der Waals surface area contributed by atoms with Crippen LogP contribution < -0.4 is 10.0 Å². The molecule has 0 aliphatic heterocycles. The number of aryl methyl sites for hydroxylation is 1. The lowest BCUT2D eigenvalue weighted by molar-refractivity contribution is 0.436. The fraction of sp³-hybridized carbons (Fsp3) is 0.375. The van der Waals surface area contributed by atoms with Crippen LogP contribution in [-0.4, -0.2) is 38.3 Å². The summed E-state index contributed by atoms with van der Waals surface area (Å²) in [5.41, 5.74) is 5.14. The molecule has 0 fully saturated rings. The van der Waals surface area contributed by atoms with E-state index < -0.39 is 10.0 Å². The second-order valence-corrected chi connectivity index (χ2v) is 10.7. The van der Waals surface area contributed by atoms with Crippen molar-refractivity contribution >= 4 is 21.6 Å². The molecule has 0 saturated heterocycles. The summed E-state index contributed by atoms with van der Waals surface area (Å²) in [4.78, 5) is 0.186. The third kappa shape index (κ3) is 5.23. The number of halogens is 1. The van der Waals surface area contributed by atoms with E-state index in [1.807, 2.05) is 25.2 Å². The Balaban J connectivity index is 1.48. The first-order valence-electron chi connectivity index (χ1n) is 10.8. The van der Waals surface area contributed by atoms with Gasteiger partial charge in [0.2, 0.25) is 10.0 Å². The minimum absolute atomic E-state index is 0.186. The highest BCUT2D eigenvalue weighted by atomic mass is 35.5. The van der Waals surface area contributed by atoms with Crippen molar-refractivity contribution in [1.29, 1.82) is 0 Å². The van der Waals surface area contributed by atoms with Gasteiger partial charge < -0.3 is 5.32 Å². The lowest BCUT2D eigenvalue weighted by atomic mass is 9.86. The van der Waals surface area contributed by atoms with Crippen LogP contribution in [0.1, 0.15) is 28.2 Å². The zero-order valence-corrected chi connectivity index (χ0v) is 20.0. The molecule has 0 spiro atoms. The molecule has 0 bridgehead atoms. The molecule has 0 amide bonds. The number of nitrogens with one attached hydrogen (secondary N) is 2. The molecular weight excluding hydrogens is 444 g/mol.